The van der Waals surface area contributed by atoms with Gasteiger partial charge in [-0.2, -0.15) is 0 Å². The second-order valence-corrected chi connectivity index (χ2v) is 3.99. The van der Waals surface area contributed by atoms with Crippen molar-refractivity contribution in [3.05, 3.63) is 22.2 Å². The molecule has 0 amide bonds. The molecular weight excluding hydrogens is 216 g/mol. The van der Waals surface area contributed by atoms with Crippen molar-refractivity contribution in [2.24, 2.45) is 0 Å². The van der Waals surface area contributed by atoms with Crippen molar-refractivity contribution in [3.8, 4) is 0 Å². The van der Waals surface area contributed by atoms with Gasteiger partial charge < -0.3 is 5.11 Å². The Balaban J connectivity index is 2.52. The highest BCUT2D eigenvalue weighted by Gasteiger charge is 2.29. The maximum atomic E-state index is 11.0. The van der Waals surface area contributed by atoms with E-state index >= 15 is 0 Å². The van der Waals surface area contributed by atoms with Gasteiger partial charge in [-0.15, -0.1) is 0 Å². The molecule has 4 nitrogen and oxygen atoms in total. The lowest BCUT2D eigenvalue weighted by atomic mass is 10.2. The molecule has 2 rings (SSSR count). The molecule has 1 fully saturated rings. The zero-order chi connectivity index (χ0) is 11.0. The third-order valence-electron chi connectivity index (χ3n) is 2.47. The van der Waals surface area contributed by atoms with E-state index in [1.165, 1.54) is 0 Å². The molecule has 0 unspecified atom stereocenters. The molecule has 1 aromatic heterocycles. The van der Waals surface area contributed by atoms with E-state index in [0.717, 1.165) is 12.8 Å². The van der Waals surface area contributed by atoms with Crippen LogP contribution in [-0.2, 0) is 6.42 Å². The van der Waals surface area contributed by atoms with Crippen LogP contribution in [0.25, 0.3) is 0 Å². The van der Waals surface area contributed by atoms with Crippen LogP contribution in [0, 0.1) is 0 Å². The summed E-state index contributed by atoms with van der Waals surface area (Å²) in [5, 5.41) is 9.28. The van der Waals surface area contributed by atoms with Gasteiger partial charge >= 0.3 is 5.97 Å². The molecule has 1 aromatic rings. The normalized spacial score (nSPS) is 15.3. The fraction of sp³-hybridized carbons (Fsp3) is 0.500. The molecule has 0 spiro atoms. The number of aromatic nitrogens is 2. The van der Waals surface area contributed by atoms with Gasteiger partial charge in [-0.05, 0) is 19.3 Å². The molecule has 0 radical (unpaired) electrons. The highest BCUT2D eigenvalue weighted by molar-refractivity contribution is 6.30. The Hall–Kier alpha value is -1.16. The largest absolute Gasteiger partial charge is 0.476 e. The predicted molar refractivity (Wildman–Crippen MR) is 55.4 cm³/mol. The molecule has 0 aromatic carbocycles. The van der Waals surface area contributed by atoms with Gasteiger partial charge in [0.15, 0.2) is 5.69 Å². The molecule has 1 aliphatic carbocycles. The van der Waals surface area contributed by atoms with E-state index in [4.69, 9.17) is 16.7 Å². The lowest BCUT2D eigenvalue weighted by Crippen LogP contribution is -2.10. The summed E-state index contributed by atoms with van der Waals surface area (Å²) in [5.41, 5.74) is 0.577. The van der Waals surface area contributed by atoms with Crippen LogP contribution in [0.2, 0.25) is 5.15 Å². The van der Waals surface area contributed by atoms with Crippen molar-refractivity contribution in [1.82, 2.24) is 9.97 Å². The van der Waals surface area contributed by atoms with Crippen molar-refractivity contribution in [2.45, 2.75) is 32.1 Å². The standard InChI is InChI=1S/C10H11ClN2O2/c1-2-6-7(10(14)15)12-9(5-3-4-5)13-8(6)11/h5H,2-4H2,1H3,(H,14,15). The Morgan fingerprint density at radius 3 is 2.67 bits per heavy atom. The van der Waals surface area contributed by atoms with Crippen molar-refractivity contribution >= 4 is 17.6 Å². The first-order valence-corrected chi connectivity index (χ1v) is 5.30. The number of hydrogen-bond acceptors (Lipinski definition) is 3. The molecule has 1 aliphatic rings. The maximum absolute atomic E-state index is 11.0. The van der Waals surface area contributed by atoms with Gasteiger partial charge in [0.05, 0.1) is 0 Å². The summed E-state index contributed by atoms with van der Waals surface area (Å²) in [4.78, 5) is 19.2. The Morgan fingerprint density at radius 2 is 2.20 bits per heavy atom. The van der Waals surface area contributed by atoms with Gasteiger partial charge in [0.25, 0.3) is 0 Å². The highest BCUT2D eigenvalue weighted by atomic mass is 35.5. The van der Waals surface area contributed by atoms with Crippen molar-refractivity contribution in [1.29, 1.82) is 0 Å². The average molecular weight is 227 g/mol. The zero-order valence-electron chi connectivity index (χ0n) is 8.33. The SMILES string of the molecule is CCc1c(Cl)nc(C2CC2)nc1C(=O)O. The fourth-order valence-corrected chi connectivity index (χ4v) is 1.80. The van der Waals surface area contributed by atoms with Crippen LogP contribution in [0.5, 0.6) is 0 Å². The lowest BCUT2D eigenvalue weighted by Gasteiger charge is -2.06. The number of carbonyl (C=O) groups is 1. The Morgan fingerprint density at radius 1 is 1.53 bits per heavy atom. The topological polar surface area (TPSA) is 63.1 Å². The third kappa shape index (κ3) is 1.95. The van der Waals surface area contributed by atoms with E-state index < -0.39 is 5.97 Å². The number of nitrogens with zero attached hydrogens (tertiary/aromatic N) is 2. The Labute approximate surface area is 92.3 Å². The van der Waals surface area contributed by atoms with Crippen LogP contribution < -0.4 is 0 Å². The van der Waals surface area contributed by atoms with Gasteiger partial charge in [-0.3, -0.25) is 0 Å². The number of hydrogen-bond donors (Lipinski definition) is 1. The van der Waals surface area contributed by atoms with Crippen LogP contribution in [0.1, 0.15) is 47.6 Å². The summed E-state index contributed by atoms with van der Waals surface area (Å²) in [6.07, 6.45) is 2.59. The number of halogens is 1. The maximum Gasteiger partial charge on any atom is 0.354 e. The van der Waals surface area contributed by atoms with Crippen LogP contribution in [0.15, 0.2) is 0 Å². The van der Waals surface area contributed by atoms with Crippen LogP contribution in [-0.4, -0.2) is 21.0 Å². The van der Waals surface area contributed by atoms with Gasteiger partial charge in [-0.25, -0.2) is 14.8 Å². The van der Waals surface area contributed by atoms with E-state index in [9.17, 15) is 4.79 Å². The van der Waals surface area contributed by atoms with E-state index in [2.05, 4.69) is 9.97 Å². The molecule has 0 aliphatic heterocycles. The average Bonchev–Trinajstić information content (AvgIpc) is 2.99. The molecular formula is C10H11ClN2O2. The second-order valence-electron chi connectivity index (χ2n) is 3.63. The summed E-state index contributed by atoms with van der Waals surface area (Å²) in [7, 11) is 0. The third-order valence-corrected chi connectivity index (χ3v) is 2.79. The first kappa shape index (κ1) is 10.4. The number of carboxylic acids is 1. The molecule has 80 valence electrons. The predicted octanol–water partition coefficient (Wildman–Crippen LogP) is 2.27. The summed E-state index contributed by atoms with van der Waals surface area (Å²) in [5.74, 6) is -0.140. The summed E-state index contributed by atoms with van der Waals surface area (Å²) < 4.78 is 0. The van der Waals surface area contributed by atoms with Crippen molar-refractivity contribution in [3.63, 3.8) is 0 Å². The van der Waals surface area contributed by atoms with Crippen LogP contribution in [0.4, 0.5) is 0 Å². The Bertz CT molecular complexity index is 416. The van der Waals surface area contributed by atoms with E-state index in [0.29, 0.717) is 23.7 Å². The molecule has 15 heavy (non-hydrogen) atoms. The van der Waals surface area contributed by atoms with Crippen molar-refractivity contribution in [2.75, 3.05) is 0 Å². The summed E-state index contributed by atoms with van der Waals surface area (Å²) in [6, 6.07) is 0. The molecule has 1 saturated carbocycles. The minimum atomic E-state index is -1.03. The molecule has 0 atom stereocenters. The zero-order valence-corrected chi connectivity index (χ0v) is 9.08. The molecule has 0 saturated heterocycles. The monoisotopic (exact) mass is 226 g/mol. The van der Waals surface area contributed by atoms with Crippen LogP contribution >= 0.6 is 11.6 Å². The fourth-order valence-electron chi connectivity index (χ4n) is 1.49. The summed E-state index contributed by atoms with van der Waals surface area (Å²) in [6.45, 7) is 1.84. The Kier molecular flexibility index (Phi) is 2.61. The molecule has 0 bridgehead atoms. The highest BCUT2D eigenvalue weighted by Crippen LogP contribution is 2.38. The van der Waals surface area contributed by atoms with E-state index in [1.54, 1.807) is 0 Å². The smallest absolute Gasteiger partial charge is 0.354 e. The van der Waals surface area contributed by atoms with Gasteiger partial charge in [0.2, 0.25) is 0 Å². The van der Waals surface area contributed by atoms with Crippen LogP contribution in [0.3, 0.4) is 0 Å². The van der Waals surface area contributed by atoms with Gasteiger partial charge in [-0.1, -0.05) is 18.5 Å². The van der Waals surface area contributed by atoms with E-state index in [-0.39, 0.29) is 10.8 Å². The number of aromatic carboxylic acids is 1. The first-order chi connectivity index (χ1) is 7.13. The van der Waals surface area contributed by atoms with Crippen molar-refractivity contribution < 1.29 is 9.90 Å². The minimum absolute atomic E-state index is 0.0550. The molecule has 1 N–H and O–H groups in total. The molecule has 5 heteroatoms. The second kappa shape index (κ2) is 3.77. The first-order valence-electron chi connectivity index (χ1n) is 4.93. The van der Waals surface area contributed by atoms with Gasteiger partial charge in [0, 0.05) is 11.5 Å². The number of carboxylic acid groups (broad SMARTS) is 1. The van der Waals surface area contributed by atoms with E-state index in [1.807, 2.05) is 6.92 Å². The molecule has 1 heterocycles. The summed E-state index contributed by atoms with van der Waals surface area (Å²) >= 11 is 5.94. The number of rotatable bonds is 3. The van der Waals surface area contributed by atoms with Gasteiger partial charge in [0.1, 0.15) is 11.0 Å². The minimum Gasteiger partial charge on any atom is -0.476 e. The quantitative estimate of drug-likeness (QED) is 0.803. The lowest BCUT2D eigenvalue weighted by molar-refractivity contribution is 0.0688.